The van der Waals surface area contributed by atoms with Gasteiger partial charge in [0.05, 0.1) is 11.9 Å². The van der Waals surface area contributed by atoms with Crippen LogP contribution in [0, 0.1) is 0 Å². The van der Waals surface area contributed by atoms with Crippen LogP contribution in [0.25, 0.3) is 10.9 Å². The zero-order valence-electron chi connectivity index (χ0n) is 10.6. The number of benzene rings is 1. The van der Waals surface area contributed by atoms with E-state index >= 15 is 0 Å². The molecule has 0 aliphatic carbocycles. The molecule has 2 rings (SSSR count). The van der Waals surface area contributed by atoms with E-state index in [1.165, 1.54) is 0 Å². The number of phenols is 1. The van der Waals surface area contributed by atoms with E-state index in [0.29, 0.717) is 0 Å². The molecule has 0 saturated carbocycles. The Balaban J connectivity index is 2.60. The Morgan fingerprint density at radius 2 is 2.17 bits per heavy atom. The van der Waals surface area contributed by atoms with Crippen molar-refractivity contribution in [3.8, 4) is 5.75 Å². The van der Waals surface area contributed by atoms with E-state index in [2.05, 4.69) is 0 Å². The summed E-state index contributed by atoms with van der Waals surface area (Å²) in [5.74, 6) is -0.728. The number of hydrogen-bond donors (Lipinski definition) is 2. The molecule has 0 aliphatic heterocycles. The molecule has 96 valence electrons. The molecule has 0 aliphatic rings. The molecule has 4 nitrogen and oxygen atoms in total. The molecule has 1 atom stereocenters. The lowest BCUT2D eigenvalue weighted by Gasteiger charge is -2.07. The van der Waals surface area contributed by atoms with Gasteiger partial charge in [-0.05, 0) is 30.5 Å². The van der Waals surface area contributed by atoms with Gasteiger partial charge in [0, 0.05) is 18.1 Å². The quantitative estimate of drug-likeness (QED) is 0.873. The molecule has 0 radical (unpaired) electrons. The predicted octanol–water partition coefficient (Wildman–Crippen LogP) is 2.95. The summed E-state index contributed by atoms with van der Waals surface area (Å²) in [5.41, 5.74) is 1.84. The van der Waals surface area contributed by atoms with E-state index in [-0.39, 0.29) is 18.1 Å². The maximum absolute atomic E-state index is 10.8. The minimum atomic E-state index is -0.824. The van der Waals surface area contributed by atoms with Crippen molar-refractivity contribution < 1.29 is 15.0 Å². The lowest BCUT2D eigenvalue weighted by molar-refractivity contribution is -0.137. The van der Waals surface area contributed by atoms with Gasteiger partial charge in [-0.1, -0.05) is 13.0 Å². The van der Waals surface area contributed by atoms with Gasteiger partial charge >= 0.3 is 5.97 Å². The van der Waals surface area contributed by atoms with Gasteiger partial charge in [0.25, 0.3) is 0 Å². The zero-order valence-corrected chi connectivity index (χ0v) is 10.6. The Morgan fingerprint density at radius 3 is 2.78 bits per heavy atom. The number of aliphatic carboxylic acids is 1. The van der Waals surface area contributed by atoms with Crippen molar-refractivity contribution >= 4 is 16.9 Å². The third-order valence-corrected chi connectivity index (χ3v) is 3.27. The Labute approximate surface area is 105 Å². The van der Waals surface area contributed by atoms with Crippen molar-refractivity contribution in [3.05, 3.63) is 30.0 Å². The second kappa shape index (κ2) is 4.72. The first-order chi connectivity index (χ1) is 8.54. The topological polar surface area (TPSA) is 62.5 Å². The van der Waals surface area contributed by atoms with Gasteiger partial charge in [-0.15, -0.1) is 0 Å². The maximum Gasteiger partial charge on any atom is 0.303 e. The molecule has 0 fully saturated rings. The minimum Gasteiger partial charge on any atom is -0.507 e. The zero-order chi connectivity index (χ0) is 13.3. The number of carboxylic acid groups (broad SMARTS) is 1. The molecule has 1 heterocycles. The molecule has 0 amide bonds. The number of nitrogens with zero attached hydrogens (tertiary/aromatic N) is 1. The van der Waals surface area contributed by atoms with E-state index in [0.717, 1.165) is 23.0 Å². The van der Waals surface area contributed by atoms with Gasteiger partial charge in [0.15, 0.2) is 0 Å². The first-order valence-electron chi connectivity index (χ1n) is 6.07. The molecule has 1 aromatic carbocycles. The van der Waals surface area contributed by atoms with E-state index in [9.17, 15) is 9.90 Å². The number of fused-ring (bicyclic) bond motifs is 1. The number of hydrogen-bond acceptors (Lipinski definition) is 2. The largest absolute Gasteiger partial charge is 0.507 e. The van der Waals surface area contributed by atoms with Crippen LogP contribution in [0.4, 0.5) is 0 Å². The Bertz CT molecular complexity index is 586. The van der Waals surface area contributed by atoms with Crippen molar-refractivity contribution in [3.63, 3.8) is 0 Å². The average molecular weight is 247 g/mol. The first kappa shape index (κ1) is 12.5. The number of aromatic nitrogens is 1. The van der Waals surface area contributed by atoms with Crippen LogP contribution in [0.2, 0.25) is 0 Å². The standard InChI is InChI=1S/C14H17NO3/c1-3-15-8-10(9(2)7-13(17)18)14-11(15)5-4-6-12(14)16/h4-6,8-9,16H,3,7H2,1-2H3,(H,17,18). The number of aromatic hydroxyl groups is 1. The number of carbonyl (C=O) groups is 1. The van der Waals surface area contributed by atoms with Gasteiger partial charge in [0.1, 0.15) is 5.75 Å². The molecule has 18 heavy (non-hydrogen) atoms. The maximum atomic E-state index is 10.8. The van der Waals surface area contributed by atoms with E-state index in [1.807, 2.05) is 30.7 Å². The summed E-state index contributed by atoms with van der Waals surface area (Å²) in [6.45, 7) is 4.68. The molecule has 2 N–H and O–H groups in total. The first-order valence-corrected chi connectivity index (χ1v) is 6.07. The van der Waals surface area contributed by atoms with Crippen molar-refractivity contribution in [1.82, 2.24) is 4.57 Å². The fraction of sp³-hybridized carbons (Fsp3) is 0.357. The number of rotatable bonds is 4. The van der Waals surface area contributed by atoms with Crippen LogP contribution in [-0.4, -0.2) is 20.7 Å². The van der Waals surface area contributed by atoms with Crippen LogP contribution in [0.5, 0.6) is 5.75 Å². The number of carboxylic acids is 1. The molecule has 2 aromatic rings. The van der Waals surface area contributed by atoms with Crippen molar-refractivity contribution in [2.24, 2.45) is 0 Å². The Kier molecular flexibility index (Phi) is 3.28. The summed E-state index contributed by atoms with van der Waals surface area (Å²) in [6, 6.07) is 5.38. The van der Waals surface area contributed by atoms with Crippen molar-refractivity contribution in [2.75, 3.05) is 0 Å². The summed E-state index contributed by atoms with van der Waals surface area (Å²) in [7, 11) is 0. The predicted molar refractivity (Wildman–Crippen MR) is 69.9 cm³/mol. The fourth-order valence-electron chi connectivity index (χ4n) is 2.37. The molecule has 0 spiro atoms. The van der Waals surface area contributed by atoms with Crippen LogP contribution in [0.3, 0.4) is 0 Å². The van der Waals surface area contributed by atoms with Crippen LogP contribution in [0.1, 0.15) is 31.7 Å². The lowest BCUT2D eigenvalue weighted by Crippen LogP contribution is -2.02. The van der Waals surface area contributed by atoms with Crippen LogP contribution < -0.4 is 0 Å². The summed E-state index contributed by atoms with van der Waals surface area (Å²) in [5, 5.41) is 19.6. The van der Waals surface area contributed by atoms with Gasteiger partial charge in [-0.25, -0.2) is 0 Å². The van der Waals surface area contributed by atoms with Gasteiger partial charge in [-0.3, -0.25) is 4.79 Å². The fourth-order valence-corrected chi connectivity index (χ4v) is 2.37. The highest BCUT2D eigenvalue weighted by molar-refractivity contribution is 5.90. The van der Waals surface area contributed by atoms with E-state index < -0.39 is 5.97 Å². The van der Waals surface area contributed by atoms with E-state index in [4.69, 9.17) is 5.11 Å². The number of aryl methyl sites for hydroxylation is 1. The van der Waals surface area contributed by atoms with Crippen LogP contribution in [0.15, 0.2) is 24.4 Å². The highest BCUT2D eigenvalue weighted by Crippen LogP contribution is 2.35. The molecular formula is C14H17NO3. The molecule has 4 heteroatoms. The highest BCUT2D eigenvalue weighted by atomic mass is 16.4. The number of phenolic OH excluding ortho intramolecular Hbond substituents is 1. The van der Waals surface area contributed by atoms with Crippen LogP contribution in [-0.2, 0) is 11.3 Å². The second-order valence-electron chi connectivity index (χ2n) is 4.54. The highest BCUT2D eigenvalue weighted by Gasteiger charge is 2.18. The SMILES string of the molecule is CCn1cc(C(C)CC(=O)O)c2c(O)cccc21. The summed E-state index contributed by atoms with van der Waals surface area (Å²) >= 11 is 0. The summed E-state index contributed by atoms with van der Waals surface area (Å²) in [6.07, 6.45) is 2.01. The van der Waals surface area contributed by atoms with Gasteiger partial charge in [0.2, 0.25) is 0 Å². The lowest BCUT2D eigenvalue weighted by atomic mass is 9.97. The third kappa shape index (κ3) is 2.06. The van der Waals surface area contributed by atoms with Gasteiger partial charge < -0.3 is 14.8 Å². The smallest absolute Gasteiger partial charge is 0.303 e. The monoisotopic (exact) mass is 247 g/mol. The molecule has 1 aromatic heterocycles. The van der Waals surface area contributed by atoms with Crippen molar-refractivity contribution in [2.45, 2.75) is 32.7 Å². The van der Waals surface area contributed by atoms with E-state index in [1.54, 1.807) is 12.1 Å². The second-order valence-corrected chi connectivity index (χ2v) is 4.54. The summed E-state index contributed by atoms with van der Waals surface area (Å²) in [4.78, 5) is 10.8. The van der Waals surface area contributed by atoms with Crippen molar-refractivity contribution in [1.29, 1.82) is 0 Å². The van der Waals surface area contributed by atoms with Crippen LogP contribution >= 0.6 is 0 Å². The molecule has 0 bridgehead atoms. The normalized spacial score (nSPS) is 12.8. The average Bonchev–Trinajstić information content (AvgIpc) is 2.68. The third-order valence-electron chi connectivity index (χ3n) is 3.27. The summed E-state index contributed by atoms with van der Waals surface area (Å²) < 4.78 is 2.03. The minimum absolute atomic E-state index is 0.0666. The Hall–Kier alpha value is -1.97. The molecule has 1 unspecified atom stereocenters. The Morgan fingerprint density at radius 1 is 1.44 bits per heavy atom. The van der Waals surface area contributed by atoms with Gasteiger partial charge in [-0.2, -0.15) is 0 Å². The molecular weight excluding hydrogens is 230 g/mol. The molecule has 0 saturated heterocycles.